The van der Waals surface area contributed by atoms with Crippen LogP contribution in [0.1, 0.15) is 20.8 Å². The summed E-state index contributed by atoms with van der Waals surface area (Å²) in [7, 11) is 1.64. The maximum atomic E-state index is 11.4. The highest BCUT2D eigenvalue weighted by molar-refractivity contribution is 7.09. The molecule has 0 spiro atoms. The number of nitrogens with one attached hydrogen (secondary N) is 2. The van der Waals surface area contributed by atoms with Crippen LogP contribution in [0.3, 0.4) is 0 Å². The molecule has 3 nitrogen and oxygen atoms in total. The van der Waals surface area contributed by atoms with E-state index in [-0.39, 0.29) is 5.91 Å². The highest BCUT2D eigenvalue weighted by Crippen LogP contribution is 2.08. The van der Waals surface area contributed by atoms with Gasteiger partial charge in [0.1, 0.15) is 0 Å². The Balaban J connectivity index is 1.75. The maximum Gasteiger partial charge on any atom is 0.251 e. The van der Waals surface area contributed by atoms with Gasteiger partial charge in [0, 0.05) is 30.6 Å². The van der Waals surface area contributed by atoms with Gasteiger partial charge in [0.15, 0.2) is 0 Å². The van der Waals surface area contributed by atoms with E-state index in [0.29, 0.717) is 5.56 Å². The lowest BCUT2D eigenvalue weighted by molar-refractivity contribution is 0.0963. The predicted octanol–water partition coefficient (Wildman–Crippen LogP) is 2.44. The molecular weight excluding hydrogens is 256 g/mol. The quantitative estimate of drug-likeness (QED) is 0.794. The first kappa shape index (κ1) is 13.8. The van der Waals surface area contributed by atoms with E-state index in [4.69, 9.17) is 0 Å². The van der Waals surface area contributed by atoms with Crippen molar-refractivity contribution in [2.24, 2.45) is 0 Å². The van der Waals surface area contributed by atoms with Crippen molar-refractivity contribution in [3.05, 3.63) is 57.8 Å². The number of hydrogen-bond acceptors (Lipinski definition) is 3. The summed E-state index contributed by atoms with van der Waals surface area (Å²) in [6.45, 7) is 1.80. The van der Waals surface area contributed by atoms with Crippen LogP contribution in [0, 0.1) is 0 Å². The van der Waals surface area contributed by atoms with E-state index < -0.39 is 0 Å². The number of carbonyl (C=O) groups excluding carboxylic acids is 1. The first-order valence-electron chi connectivity index (χ1n) is 6.33. The summed E-state index contributed by atoms with van der Waals surface area (Å²) < 4.78 is 0. The fourth-order valence-corrected chi connectivity index (χ4v) is 2.53. The molecule has 2 aromatic rings. The highest BCUT2D eigenvalue weighted by atomic mass is 32.1. The molecule has 0 radical (unpaired) electrons. The summed E-state index contributed by atoms with van der Waals surface area (Å²) >= 11 is 1.79. The third-order valence-electron chi connectivity index (χ3n) is 2.90. The van der Waals surface area contributed by atoms with Gasteiger partial charge < -0.3 is 10.6 Å². The number of carbonyl (C=O) groups is 1. The van der Waals surface area contributed by atoms with Gasteiger partial charge in [-0.2, -0.15) is 0 Å². The molecule has 0 atom stereocenters. The third-order valence-corrected chi connectivity index (χ3v) is 3.84. The van der Waals surface area contributed by atoms with E-state index in [0.717, 1.165) is 19.5 Å². The fraction of sp³-hybridized carbons (Fsp3) is 0.267. The second-order valence-corrected chi connectivity index (χ2v) is 5.31. The molecule has 0 aliphatic rings. The normalized spacial score (nSPS) is 10.4. The molecule has 2 N–H and O–H groups in total. The van der Waals surface area contributed by atoms with E-state index in [1.54, 1.807) is 18.4 Å². The van der Waals surface area contributed by atoms with Crippen LogP contribution in [0.5, 0.6) is 0 Å². The SMILES string of the molecule is CNC(=O)c1ccc(CNCCc2cccs2)cc1. The molecular formula is C15H18N2OS. The topological polar surface area (TPSA) is 41.1 Å². The number of benzene rings is 1. The average molecular weight is 274 g/mol. The Morgan fingerprint density at radius 2 is 2.00 bits per heavy atom. The minimum atomic E-state index is -0.0443. The zero-order chi connectivity index (χ0) is 13.5. The number of thiophene rings is 1. The Morgan fingerprint density at radius 1 is 1.21 bits per heavy atom. The van der Waals surface area contributed by atoms with Gasteiger partial charge in [-0.25, -0.2) is 0 Å². The van der Waals surface area contributed by atoms with Crippen molar-refractivity contribution in [1.82, 2.24) is 10.6 Å². The highest BCUT2D eigenvalue weighted by Gasteiger charge is 2.02. The molecule has 100 valence electrons. The monoisotopic (exact) mass is 274 g/mol. The first-order valence-corrected chi connectivity index (χ1v) is 7.21. The van der Waals surface area contributed by atoms with Gasteiger partial charge in [0.05, 0.1) is 0 Å². The molecule has 0 fully saturated rings. The summed E-state index contributed by atoms with van der Waals surface area (Å²) in [5.74, 6) is -0.0443. The van der Waals surface area contributed by atoms with Gasteiger partial charge in [-0.1, -0.05) is 18.2 Å². The Bertz CT molecular complexity index is 505. The molecule has 0 aliphatic carbocycles. The van der Waals surface area contributed by atoms with Crippen molar-refractivity contribution in [1.29, 1.82) is 0 Å². The Labute approximate surface area is 117 Å². The minimum absolute atomic E-state index is 0.0443. The van der Waals surface area contributed by atoms with Crippen LogP contribution >= 0.6 is 11.3 Å². The third kappa shape index (κ3) is 4.19. The van der Waals surface area contributed by atoms with E-state index >= 15 is 0 Å². The Morgan fingerprint density at radius 3 is 2.63 bits per heavy atom. The van der Waals surface area contributed by atoms with Crippen LogP contribution in [0.15, 0.2) is 41.8 Å². The predicted molar refractivity (Wildman–Crippen MR) is 79.6 cm³/mol. The lowest BCUT2D eigenvalue weighted by Crippen LogP contribution is -2.18. The average Bonchev–Trinajstić information content (AvgIpc) is 2.96. The van der Waals surface area contributed by atoms with Crippen molar-refractivity contribution >= 4 is 17.2 Å². The van der Waals surface area contributed by atoms with Crippen molar-refractivity contribution in [2.75, 3.05) is 13.6 Å². The summed E-state index contributed by atoms with van der Waals surface area (Å²) in [5, 5.41) is 8.13. The largest absolute Gasteiger partial charge is 0.355 e. The van der Waals surface area contributed by atoms with Gasteiger partial charge in [-0.3, -0.25) is 4.79 Å². The molecule has 1 aromatic heterocycles. The van der Waals surface area contributed by atoms with Gasteiger partial charge in [-0.15, -0.1) is 11.3 Å². The molecule has 19 heavy (non-hydrogen) atoms. The molecule has 1 amide bonds. The van der Waals surface area contributed by atoms with Crippen LogP contribution in [0.2, 0.25) is 0 Å². The first-order chi connectivity index (χ1) is 9.29. The van der Waals surface area contributed by atoms with Gasteiger partial charge in [-0.05, 0) is 35.6 Å². The summed E-state index contributed by atoms with van der Waals surface area (Å²) in [6.07, 6.45) is 1.06. The smallest absolute Gasteiger partial charge is 0.251 e. The van der Waals surface area contributed by atoms with Crippen LogP contribution in [0.4, 0.5) is 0 Å². The van der Waals surface area contributed by atoms with E-state index in [1.807, 2.05) is 24.3 Å². The van der Waals surface area contributed by atoms with Crippen LogP contribution in [0.25, 0.3) is 0 Å². The maximum absolute atomic E-state index is 11.4. The molecule has 1 aromatic carbocycles. The van der Waals surface area contributed by atoms with E-state index in [1.165, 1.54) is 10.4 Å². The zero-order valence-electron chi connectivity index (χ0n) is 11.0. The number of rotatable bonds is 6. The summed E-state index contributed by atoms with van der Waals surface area (Å²) in [6, 6.07) is 11.9. The van der Waals surface area contributed by atoms with Crippen molar-refractivity contribution < 1.29 is 4.79 Å². The molecule has 2 rings (SSSR count). The lowest BCUT2D eigenvalue weighted by Gasteiger charge is -2.05. The second kappa shape index (κ2) is 7.07. The second-order valence-electron chi connectivity index (χ2n) is 4.28. The number of hydrogen-bond donors (Lipinski definition) is 2. The van der Waals surface area contributed by atoms with E-state index in [2.05, 4.69) is 28.1 Å². The standard InChI is InChI=1S/C15H18N2OS/c1-16-15(18)13-6-4-12(5-7-13)11-17-9-8-14-3-2-10-19-14/h2-7,10,17H,8-9,11H2,1H3,(H,16,18). The van der Waals surface area contributed by atoms with Crippen LogP contribution in [-0.4, -0.2) is 19.5 Å². The number of amides is 1. The molecule has 4 heteroatoms. The molecule has 0 saturated carbocycles. The zero-order valence-corrected chi connectivity index (χ0v) is 11.8. The molecule has 1 heterocycles. The lowest BCUT2D eigenvalue weighted by atomic mass is 10.1. The van der Waals surface area contributed by atoms with Gasteiger partial charge in [0.2, 0.25) is 0 Å². The van der Waals surface area contributed by atoms with Crippen LogP contribution in [-0.2, 0) is 13.0 Å². The summed E-state index contributed by atoms with van der Waals surface area (Å²) in [5.41, 5.74) is 1.89. The Hall–Kier alpha value is -1.65. The molecule has 0 bridgehead atoms. The van der Waals surface area contributed by atoms with Crippen molar-refractivity contribution in [3.63, 3.8) is 0 Å². The molecule has 0 aliphatic heterocycles. The van der Waals surface area contributed by atoms with Gasteiger partial charge >= 0.3 is 0 Å². The minimum Gasteiger partial charge on any atom is -0.355 e. The van der Waals surface area contributed by atoms with Crippen molar-refractivity contribution in [2.45, 2.75) is 13.0 Å². The molecule has 0 saturated heterocycles. The fourth-order valence-electron chi connectivity index (χ4n) is 1.82. The van der Waals surface area contributed by atoms with Crippen LogP contribution < -0.4 is 10.6 Å². The van der Waals surface area contributed by atoms with Gasteiger partial charge in [0.25, 0.3) is 5.91 Å². The molecule has 0 unspecified atom stereocenters. The summed E-state index contributed by atoms with van der Waals surface area (Å²) in [4.78, 5) is 12.8. The van der Waals surface area contributed by atoms with E-state index in [9.17, 15) is 4.79 Å². The van der Waals surface area contributed by atoms with Crippen molar-refractivity contribution in [3.8, 4) is 0 Å². The Kier molecular flexibility index (Phi) is 5.12.